The Hall–Kier alpha value is -3.42. The Labute approximate surface area is 166 Å². The fourth-order valence-electron chi connectivity index (χ4n) is 2.54. The van der Waals surface area contributed by atoms with Crippen LogP contribution in [-0.4, -0.2) is 31.6 Å². The van der Waals surface area contributed by atoms with Crippen molar-refractivity contribution in [3.05, 3.63) is 59.7 Å². The number of amides is 2. The maximum atomic E-state index is 12.4. The van der Waals surface area contributed by atoms with Crippen LogP contribution in [0.4, 0.5) is 14.5 Å². The maximum absolute atomic E-state index is 12.4. The third-order valence-corrected chi connectivity index (χ3v) is 4.16. The van der Waals surface area contributed by atoms with Gasteiger partial charge in [-0.3, -0.25) is 9.59 Å². The molecule has 8 heteroatoms. The smallest absolute Gasteiger partial charge is 0.387 e. The van der Waals surface area contributed by atoms with Gasteiger partial charge in [-0.25, -0.2) is 0 Å². The Morgan fingerprint density at radius 1 is 1.10 bits per heavy atom. The quantitative estimate of drug-likeness (QED) is 0.658. The zero-order valence-corrected chi connectivity index (χ0v) is 15.7. The Kier molecular flexibility index (Phi) is 6.43. The van der Waals surface area contributed by atoms with E-state index in [2.05, 4.69) is 15.4 Å². The third-order valence-electron chi connectivity index (χ3n) is 4.16. The van der Waals surface area contributed by atoms with Crippen LogP contribution in [0.15, 0.2) is 48.5 Å². The van der Waals surface area contributed by atoms with Crippen molar-refractivity contribution in [2.75, 3.05) is 12.4 Å². The van der Waals surface area contributed by atoms with Crippen LogP contribution in [0.3, 0.4) is 0 Å². The lowest BCUT2D eigenvalue weighted by atomic mass is 10.1. The lowest BCUT2D eigenvalue weighted by Gasteiger charge is -2.10. The molecule has 3 rings (SSSR count). The molecular weight excluding hydrogens is 382 g/mol. The fourth-order valence-corrected chi connectivity index (χ4v) is 2.54. The van der Waals surface area contributed by atoms with Crippen molar-refractivity contribution < 1.29 is 27.8 Å². The summed E-state index contributed by atoms with van der Waals surface area (Å²) in [5.74, 6) is -0.464. The minimum atomic E-state index is -2.96. The minimum absolute atomic E-state index is 0.0880. The molecule has 1 fully saturated rings. The number of alkyl halides is 2. The van der Waals surface area contributed by atoms with Crippen LogP contribution in [0.1, 0.15) is 28.8 Å². The molecule has 0 atom stereocenters. The molecule has 29 heavy (non-hydrogen) atoms. The average molecular weight is 402 g/mol. The monoisotopic (exact) mass is 402 g/mol. The highest BCUT2D eigenvalue weighted by atomic mass is 19.3. The molecule has 0 aromatic heterocycles. The number of rotatable bonds is 8. The normalized spacial score (nSPS) is 13.4. The second-order valence-corrected chi connectivity index (χ2v) is 6.44. The number of hydrogen-bond acceptors (Lipinski definition) is 4. The van der Waals surface area contributed by atoms with Gasteiger partial charge in [0, 0.05) is 23.4 Å². The summed E-state index contributed by atoms with van der Waals surface area (Å²) in [6, 6.07) is 11.2. The molecule has 0 unspecified atom stereocenters. The molecule has 6 nitrogen and oxygen atoms in total. The van der Waals surface area contributed by atoms with Gasteiger partial charge in [0.15, 0.2) is 11.5 Å². The lowest BCUT2D eigenvalue weighted by molar-refractivity contribution is -0.111. The highest BCUT2D eigenvalue weighted by molar-refractivity contribution is 6.02. The van der Waals surface area contributed by atoms with Crippen LogP contribution in [0.25, 0.3) is 6.08 Å². The standard InChI is InChI=1S/C21H20F2N2O4/c1-28-18-12-13(2-10-17(18)29-21(22)23)3-11-19(26)24-15-6-4-14(5-7-15)20(27)25-16-8-9-16/h2-7,10-12,16,21H,8-9H2,1H3,(H,24,26)(H,25,27)/b11-3+. The van der Waals surface area contributed by atoms with E-state index in [4.69, 9.17) is 4.74 Å². The van der Waals surface area contributed by atoms with Crippen molar-refractivity contribution in [2.45, 2.75) is 25.5 Å². The largest absolute Gasteiger partial charge is 0.493 e. The van der Waals surface area contributed by atoms with Crippen molar-refractivity contribution in [2.24, 2.45) is 0 Å². The molecule has 2 amide bonds. The molecular formula is C21H20F2N2O4. The van der Waals surface area contributed by atoms with Crippen LogP contribution in [0.2, 0.25) is 0 Å². The average Bonchev–Trinajstić information content (AvgIpc) is 3.51. The van der Waals surface area contributed by atoms with Crippen molar-refractivity contribution in [1.82, 2.24) is 5.32 Å². The van der Waals surface area contributed by atoms with E-state index in [1.807, 2.05) is 0 Å². The molecule has 2 aromatic carbocycles. The zero-order chi connectivity index (χ0) is 20.8. The van der Waals surface area contributed by atoms with E-state index in [0.717, 1.165) is 12.8 Å². The number of halogens is 2. The van der Waals surface area contributed by atoms with Crippen molar-refractivity contribution >= 4 is 23.6 Å². The lowest BCUT2D eigenvalue weighted by Crippen LogP contribution is -2.25. The first-order valence-electron chi connectivity index (χ1n) is 8.97. The number of benzene rings is 2. The third kappa shape index (κ3) is 6.03. The summed E-state index contributed by atoms with van der Waals surface area (Å²) in [6.07, 6.45) is 4.84. The van der Waals surface area contributed by atoms with E-state index in [-0.39, 0.29) is 29.4 Å². The molecule has 0 saturated heterocycles. The summed E-state index contributed by atoms with van der Waals surface area (Å²) < 4.78 is 34.1. The predicted molar refractivity (Wildman–Crippen MR) is 104 cm³/mol. The molecule has 0 heterocycles. The Morgan fingerprint density at radius 2 is 1.83 bits per heavy atom. The highest BCUT2D eigenvalue weighted by Crippen LogP contribution is 2.29. The molecule has 1 aliphatic carbocycles. The van der Waals surface area contributed by atoms with Crippen molar-refractivity contribution in [1.29, 1.82) is 0 Å². The van der Waals surface area contributed by atoms with Gasteiger partial charge in [0.1, 0.15) is 0 Å². The van der Waals surface area contributed by atoms with Gasteiger partial charge in [-0.15, -0.1) is 0 Å². The topological polar surface area (TPSA) is 76.7 Å². The summed E-state index contributed by atoms with van der Waals surface area (Å²) in [5, 5.41) is 5.58. The summed E-state index contributed by atoms with van der Waals surface area (Å²) >= 11 is 0. The van der Waals surface area contributed by atoms with Crippen LogP contribution < -0.4 is 20.1 Å². The molecule has 0 bridgehead atoms. The maximum Gasteiger partial charge on any atom is 0.387 e. The molecule has 0 radical (unpaired) electrons. The number of carbonyl (C=O) groups is 2. The van der Waals surface area contributed by atoms with Crippen LogP contribution in [-0.2, 0) is 4.79 Å². The minimum Gasteiger partial charge on any atom is -0.493 e. The Bertz CT molecular complexity index is 909. The van der Waals surface area contributed by atoms with Gasteiger partial charge in [-0.2, -0.15) is 8.78 Å². The van der Waals surface area contributed by atoms with E-state index in [1.54, 1.807) is 24.3 Å². The van der Waals surface area contributed by atoms with E-state index >= 15 is 0 Å². The Balaban J connectivity index is 1.58. The number of anilines is 1. The summed E-state index contributed by atoms with van der Waals surface area (Å²) in [7, 11) is 1.34. The van der Waals surface area contributed by atoms with Gasteiger partial charge in [-0.05, 0) is 60.9 Å². The second-order valence-electron chi connectivity index (χ2n) is 6.44. The van der Waals surface area contributed by atoms with Gasteiger partial charge in [0.2, 0.25) is 5.91 Å². The first-order valence-corrected chi connectivity index (χ1v) is 8.97. The van der Waals surface area contributed by atoms with Crippen LogP contribution >= 0.6 is 0 Å². The molecule has 1 saturated carbocycles. The van der Waals surface area contributed by atoms with E-state index < -0.39 is 6.61 Å². The number of nitrogens with one attached hydrogen (secondary N) is 2. The van der Waals surface area contributed by atoms with Gasteiger partial charge >= 0.3 is 6.61 Å². The van der Waals surface area contributed by atoms with Crippen LogP contribution in [0, 0.1) is 0 Å². The van der Waals surface area contributed by atoms with E-state index in [1.165, 1.54) is 37.5 Å². The number of carbonyl (C=O) groups excluding carboxylic acids is 2. The molecule has 1 aliphatic rings. The molecule has 0 aliphatic heterocycles. The van der Waals surface area contributed by atoms with Crippen LogP contribution in [0.5, 0.6) is 11.5 Å². The second kappa shape index (κ2) is 9.18. The number of ether oxygens (including phenoxy) is 2. The highest BCUT2D eigenvalue weighted by Gasteiger charge is 2.23. The fraction of sp³-hybridized carbons (Fsp3) is 0.238. The first-order chi connectivity index (χ1) is 13.9. The van der Waals surface area contributed by atoms with E-state index in [0.29, 0.717) is 16.8 Å². The van der Waals surface area contributed by atoms with Crippen molar-refractivity contribution in [3.8, 4) is 11.5 Å². The molecule has 2 aromatic rings. The first kappa shape index (κ1) is 20.3. The number of hydrogen-bond donors (Lipinski definition) is 2. The molecule has 2 N–H and O–H groups in total. The summed E-state index contributed by atoms with van der Waals surface area (Å²) in [6.45, 7) is -2.96. The molecule has 152 valence electrons. The molecule has 0 spiro atoms. The number of methoxy groups -OCH3 is 1. The summed E-state index contributed by atoms with van der Waals surface area (Å²) in [5.41, 5.74) is 1.65. The predicted octanol–water partition coefficient (Wildman–Crippen LogP) is 3.84. The van der Waals surface area contributed by atoms with Gasteiger partial charge in [0.25, 0.3) is 5.91 Å². The van der Waals surface area contributed by atoms with Gasteiger partial charge in [-0.1, -0.05) is 6.07 Å². The Morgan fingerprint density at radius 3 is 2.45 bits per heavy atom. The zero-order valence-electron chi connectivity index (χ0n) is 15.7. The van der Waals surface area contributed by atoms with Gasteiger partial charge in [0.05, 0.1) is 7.11 Å². The summed E-state index contributed by atoms with van der Waals surface area (Å²) in [4.78, 5) is 24.0. The van der Waals surface area contributed by atoms with Crippen molar-refractivity contribution in [3.63, 3.8) is 0 Å². The van der Waals surface area contributed by atoms with E-state index in [9.17, 15) is 18.4 Å². The SMILES string of the molecule is COc1cc(/C=C/C(=O)Nc2ccc(C(=O)NC3CC3)cc2)ccc1OC(F)F. The van der Waals surface area contributed by atoms with Gasteiger partial charge < -0.3 is 20.1 Å².